The fourth-order valence-corrected chi connectivity index (χ4v) is 4.36. The van der Waals surface area contributed by atoms with Crippen LogP contribution in [0.2, 0.25) is 0 Å². The Balaban J connectivity index is 1.55. The SMILES string of the molecule is CCn1c(=O)[nH]c(=O)c2c(C(=O)Nc3ccc(OC)c(Cc4ccccc4)c3)cc(C3CC3)nc21. The van der Waals surface area contributed by atoms with Crippen LogP contribution < -0.4 is 21.3 Å². The van der Waals surface area contributed by atoms with Crippen molar-refractivity contribution in [3.8, 4) is 5.75 Å². The molecular weight excluding hydrogens is 444 g/mol. The first kappa shape index (κ1) is 22.6. The second-order valence-electron chi connectivity index (χ2n) is 8.71. The summed E-state index contributed by atoms with van der Waals surface area (Å²) in [4.78, 5) is 45.5. The number of rotatable bonds is 7. The molecule has 1 amide bonds. The first-order chi connectivity index (χ1) is 17.0. The fraction of sp³-hybridized carbons (Fsp3) is 0.259. The lowest BCUT2D eigenvalue weighted by molar-refractivity contribution is 0.102. The molecule has 0 bridgehead atoms. The number of pyridine rings is 1. The Kier molecular flexibility index (Phi) is 5.94. The van der Waals surface area contributed by atoms with Gasteiger partial charge in [0.15, 0.2) is 5.65 Å². The van der Waals surface area contributed by atoms with E-state index >= 15 is 0 Å². The van der Waals surface area contributed by atoms with Crippen molar-refractivity contribution in [2.45, 2.75) is 38.6 Å². The Bertz CT molecular complexity index is 1540. The minimum Gasteiger partial charge on any atom is -0.496 e. The van der Waals surface area contributed by atoms with Gasteiger partial charge in [-0.1, -0.05) is 30.3 Å². The van der Waals surface area contributed by atoms with Crippen molar-refractivity contribution in [2.75, 3.05) is 12.4 Å². The molecule has 2 N–H and O–H groups in total. The first-order valence-corrected chi connectivity index (χ1v) is 11.7. The van der Waals surface area contributed by atoms with Crippen LogP contribution in [0.15, 0.2) is 64.2 Å². The Morgan fingerprint density at radius 2 is 1.91 bits per heavy atom. The highest BCUT2D eigenvalue weighted by Gasteiger charge is 2.28. The molecule has 2 heterocycles. The summed E-state index contributed by atoms with van der Waals surface area (Å²) in [6.45, 7) is 2.13. The van der Waals surface area contributed by atoms with Crippen LogP contribution in [0.4, 0.5) is 5.69 Å². The Morgan fingerprint density at radius 1 is 1.14 bits per heavy atom. The predicted molar refractivity (Wildman–Crippen MR) is 134 cm³/mol. The number of amides is 1. The molecule has 0 radical (unpaired) electrons. The smallest absolute Gasteiger partial charge is 0.329 e. The fourth-order valence-electron chi connectivity index (χ4n) is 4.36. The van der Waals surface area contributed by atoms with Crippen molar-refractivity contribution in [1.82, 2.24) is 14.5 Å². The Labute approximate surface area is 201 Å². The van der Waals surface area contributed by atoms with Gasteiger partial charge in [-0.3, -0.25) is 19.1 Å². The highest BCUT2D eigenvalue weighted by atomic mass is 16.5. The van der Waals surface area contributed by atoms with Crippen LogP contribution in [0.3, 0.4) is 0 Å². The summed E-state index contributed by atoms with van der Waals surface area (Å²) in [5.74, 6) is 0.534. The second-order valence-corrected chi connectivity index (χ2v) is 8.71. The molecule has 4 aromatic rings. The number of H-pyrrole nitrogens is 1. The molecule has 178 valence electrons. The van der Waals surface area contributed by atoms with Gasteiger partial charge < -0.3 is 10.1 Å². The van der Waals surface area contributed by atoms with Gasteiger partial charge in [0.25, 0.3) is 11.5 Å². The average molecular weight is 471 g/mol. The topological polar surface area (TPSA) is 106 Å². The highest BCUT2D eigenvalue weighted by molar-refractivity contribution is 6.12. The number of nitrogens with zero attached hydrogens (tertiary/aromatic N) is 2. The van der Waals surface area contributed by atoms with Crippen molar-refractivity contribution in [2.24, 2.45) is 0 Å². The molecule has 1 aliphatic carbocycles. The van der Waals surface area contributed by atoms with E-state index in [1.807, 2.05) is 42.5 Å². The van der Waals surface area contributed by atoms with E-state index in [-0.39, 0.29) is 22.5 Å². The van der Waals surface area contributed by atoms with Gasteiger partial charge in [-0.15, -0.1) is 0 Å². The van der Waals surface area contributed by atoms with Crippen LogP contribution in [0.5, 0.6) is 5.75 Å². The van der Waals surface area contributed by atoms with Gasteiger partial charge in [0.05, 0.1) is 18.1 Å². The van der Waals surface area contributed by atoms with Crippen molar-refractivity contribution < 1.29 is 9.53 Å². The maximum atomic E-state index is 13.5. The lowest BCUT2D eigenvalue weighted by Gasteiger charge is -2.14. The minimum atomic E-state index is -0.616. The summed E-state index contributed by atoms with van der Waals surface area (Å²) >= 11 is 0. The summed E-state index contributed by atoms with van der Waals surface area (Å²) in [5.41, 5.74) is 2.66. The molecule has 0 spiro atoms. The van der Waals surface area contributed by atoms with Crippen LogP contribution >= 0.6 is 0 Å². The van der Waals surface area contributed by atoms with E-state index in [0.717, 1.165) is 35.4 Å². The highest BCUT2D eigenvalue weighted by Crippen LogP contribution is 2.40. The molecule has 0 unspecified atom stereocenters. The number of ether oxygens (including phenoxy) is 1. The number of fused-ring (bicyclic) bond motifs is 1. The zero-order valence-corrected chi connectivity index (χ0v) is 19.6. The number of aromatic amines is 1. The number of hydrogen-bond donors (Lipinski definition) is 2. The molecule has 35 heavy (non-hydrogen) atoms. The van der Waals surface area contributed by atoms with Gasteiger partial charge >= 0.3 is 5.69 Å². The first-order valence-electron chi connectivity index (χ1n) is 11.7. The van der Waals surface area contributed by atoms with Gasteiger partial charge in [0.2, 0.25) is 0 Å². The molecule has 1 saturated carbocycles. The third-order valence-corrected chi connectivity index (χ3v) is 6.30. The molecule has 0 saturated heterocycles. The number of methoxy groups -OCH3 is 1. The zero-order valence-electron chi connectivity index (χ0n) is 19.6. The molecule has 8 nitrogen and oxygen atoms in total. The van der Waals surface area contributed by atoms with Gasteiger partial charge in [-0.05, 0) is 49.6 Å². The lowest BCUT2D eigenvalue weighted by Crippen LogP contribution is -2.32. The van der Waals surface area contributed by atoms with E-state index in [0.29, 0.717) is 18.7 Å². The number of benzene rings is 2. The predicted octanol–water partition coefficient (Wildman–Crippen LogP) is 3.83. The van der Waals surface area contributed by atoms with Crippen LogP contribution in [0, 0.1) is 0 Å². The minimum absolute atomic E-state index is 0.117. The van der Waals surface area contributed by atoms with Gasteiger partial charge in [0.1, 0.15) is 5.75 Å². The lowest BCUT2D eigenvalue weighted by atomic mass is 10.0. The van der Waals surface area contributed by atoms with Crippen molar-refractivity contribution >= 4 is 22.6 Å². The van der Waals surface area contributed by atoms with Crippen molar-refractivity contribution in [3.05, 3.63) is 97.8 Å². The number of carbonyl (C=O) groups is 1. The van der Waals surface area contributed by atoms with Crippen molar-refractivity contribution in [3.63, 3.8) is 0 Å². The number of anilines is 1. The standard InChI is InChI=1S/C27H26N4O4/c1-3-31-24-23(26(33)30-27(31)34)20(15-21(29-24)17-9-10-17)25(32)28-19-11-12-22(35-2)18(14-19)13-16-7-5-4-6-8-16/h4-8,11-12,14-15,17H,3,9-10,13H2,1-2H3,(H,28,32)(H,30,33,34). The quantitative estimate of drug-likeness (QED) is 0.427. The summed E-state index contributed by atoms with van der Waals surface area (Å²) < 4.78 is 6.92. The molecule has 2 aromatic heterocycles. The van der Waals surface area contributed by atoms with Crippen LogP contribution in [-0.2, 0) is 13.0 Å². The number of aryl methyl sites for hydroxylation is 1. The van der Waals surface area contributed by atoms with Gasteiger partial charge in [0, 0.05) is 35.8 Å². The zero-order chi connectivity index (χ0) is 24.5. The monoisotopic (exact) mass is 470 g/mol. The second kappa shape index (κ2) is 9.21. The van der Waals surface area contributed by atoms with E-state index in [9.17, 15) is 14.4 Å². The molecule has 2 aromatic carbocycles. The van der Waals surface area contributed by atoms with Crippen molar-refractivity contribution in [1.29, 1.82) is 0 Å². The normalized spacial score (nSPS) is 13.1. The van der Waals surface area contributed by atoms with Gasteiger partial charge in [-0.2, -0.15) is 0 Å². The Hall–Kier alpha value is -4.20. The maximum absolute atomic E-state index is 13.5. The molecule has 1 aliphatic rings. The van der Waals surface area contributed by atoms with E-state index in [2.05, 4.69) is 15.3 Å². The summed E-state index contributed by atoms with van der Waals surface area (Å²) in [5, 5.41) is 3.05. The molecular formula is C27H26N4O4. The number of nitrogens with one attached hydrogen (secondary N) is 2. The number of aromatic nitrogens is 3. The molecule has 1 fully saturated rings. The third-order valence-electron chi connectivity index (χ3n) is 6.30. The summed E-state index contributed by atoms with van der Waals surface area (Å²) in [6.07, 6.45) is 2.58. The van der Waals surface area contributed by atoms with Crippen LogP contribution in [-0.4, -0.2) is 27.6 Å². The van der Waals surface area contributed by atoms with E-state index in [1.165, 1.54) is 4.57 Å². The number of hydrogen-bond acceptors (Lipinski definition) is 5. The van der Waals surface area contributed by atoms with E-state index < -0.39 is 17.2 Å². The third kappa shape index (κ3) is 4.47. The largest absolute Gasteiger partial charge is 0.496 e. The van der Waals surface area contributed by atoms with Gasteiger partial charge in [-0.25, -0.2) is 9.78 Å². The van der Waals surface area contributed by atoms with E-state index in [1.54, 1.807) is 26.2 Å². The summed E-state index contributed by atoms with van der Waals surface area (Å²) in [7, 11) is 1.62. The molecule has 8 heteroatoms. The maximum Gasteiger partial charge on any atom is 0.329 e. The van der Waals surface area contributed by atoms with Crippen LogP contribution in [0.25, 0.3) is 11.0 Å². The van der Waals surface area contributed by atoms with E-state index in [4.69, 9.17) is 4.74 Å². The molecule has 0 aliphatic heterocycles. The number of carbonyl (C=O) groups excluding carboxylic acids is 1. The summed E-state index contributed by atoms with van der Waals surface area (Å²) in [6, 6.07) is 17.1. The van der Waals surface area contributed by atoms with Crippen LogP contribution in [0.1, 0.15) is 52.9 Å². The average Bonchev–Trinajstić information content (AvgIpc) is 3.70. The molecule has 5 rings (SSSR count). The molecule has 0 atom stereocenters. The Morgan fingerprint density at radius 3 is 2.60 bits per heavy atom.